The number of hydrogen-bond acceptors (Lipinski definition) is 6. The van der Waals surface area contributed by atoms with Gasteiger partial charge in [0, 0.05) is 6.42 Å². The summed E-state index contributed by atoms with van der Waals surface area (Å²) in [5, 5.41) is 19.6. The monoisotopic (exact) mass is 377 g/mol. The zero-order chi connectivity index (χ0) is 19.9. The number of allylic oxidation sites excluding steroid dienone is 1. The number of nitriles is 1. The van der Waals surface area contributed by atoms with Gasteiger partial charge in [-0.15, -0.1) is 0 Å². The molecule has 142 valence electrons. The summed E-state index contributed by atoms with van der Waals surface area (Å²) < 4.78 is 10.3. The van der Waals surface area contributed by atoms with Crippen LogP contribution in [0.25, 0.3) is 16.6 Å². The van der Waals surface area contributed by atoms with Gasteiger partial charge in [-0.25, -0.2) is 4.98 Å². The van der Waals surface area contributed by atoms with Crippen molar-refractivity contribution in [1.29, 1.82) is 5.26 Å². The number of aliphatic hydroxyl groups excluding tert-OH is 1. The number of ether oxygens (including phenoxy) is 2. The molecule has 0 radical (unpaired) electrons. The maximum atomic E-state index is 12.0. The van der Waals surface area contributed by atoms with E-state index in [4.69, 9.17) is 9.47 Å². The van der Waals surface area contributed by atoms with Crippen molar-refractivity contribution in [1.82, 2.24) is 9.97 Å². The van der Waals surface area contributed by atoms with Crippen molar-refractivity contribution < 1.29 is 19.4 Å². The third kappa shape index (κ3) is 4.30. The molecule has 0 atom stereocenters. The highest BCUT2D eigenvalue weighted by Crippen LogP contribution is 2.20. The summed E-state index contributed by atoms with van der Waals surface area (Å²) in [4.78, 5) is 19.3. The van der Waals surface area contributed by atoms with Crippen LogP contribution in [0, 0.1) is 11.3 Å². The third-order valence-corrected chi connectivity index (χ3v) is 4.19. The Morgan fingerprint density at radius 2 is 1.96 bits per heavy atom. The van der Waals surface area contributed by atoms with Crippen LogP contribution in [0.3, 0.4) is 0 Å². The molecule has 0 saturated carbocycles. The minimum Gasteiger partial charge on any atom is -0.507 e. The highest BCUT2D eigenvalue weighted by molar-refractivity contribution is 5.83. The van der Waals surface area contributed by atoms with Gasteiger partial charge in [0.2, 0.25) is 0 Å². The molecule has 1 heterocycles. The molecule has 0 aliphatic carbocycles. The number of para-hydroxylation sites is 3. The van der Waals surface area contributed by atoms with Crippen LogP contribution in [-0.2, 0) is 16.0 Å². The number of carbonyl (C=O) groups excluding carboxylic acids is 1. The largest absolute Gasteiger partial charge is 0.507 e. The first-order valence-electron chi connectivity index (χ1n) is 8.67. The van der Waals surface area contributed by atoms with E-state index < -0.39 is 12.6 Å². The predicted molar refractivity (Wildman–Crippen MR) is 104 cm³/mol. The van der Waals surface area contributed by atoms with Crippen molar-refractivity contribution in [2.45, 2.75) is 12.8 Å². The highest BCUT2D eigenvalue weighted by atomic mass is 16.5. The number of H-pyrrole nitrogens is 1. The van der Waals surface area contributed by atoms with Gasteiger partial charge in [-0.05, 0) is 30.2 Å². The number of fused-ring (bicyclic) bond motifs is 1. The lowest BCUT2D eigenvalue weighted by Crippen LogP contribution is -2.10. The lowest BCUT2D eigenvalue weighted by atomic mass is 10.1. The second-order valence-corrected chi connectivity index (χ2v) is 6.01. The Morgan fingerprint density at radius 3 is 2.71 bits per heavy atom. The minimum absolute atomic E-state index is 0.0614. The average molecular weight is 377 g/mol. The predicted octanol–water partition coefficient (Wildman–Crippen LogP) is 3.54. The molecule has 0 saturated heterocycles. The van der Waals surface area contributed by atoms with Gasteiger partial charge >= 0.3 is 5.97 Å². The number of nitrogens with zero attached hydrogens (tertiary/aromatic N) is 2. The molecule has 3 aromatic rings. The van der Waals surface area contributed by atoms with E-state index in [1.807, 2.05) is 48.5 Å². The van der Waals surface area contributed by atoms with Crippen molar-refractivity contribution in [3.05, 3.63) is 65.7 Å². The van der Waals surface area contributed by atoms with Gasteiger partial charge in [-0.3, -0.25) is 4.79 Å². The van der Waals surface area contributed by atoms with Crippen LogP contribution in [0.1, 0.15) is 17.8 Å². The van der Waals surface area contributed by atoms with Gasteiger partial charge in [0.15, 0.2) is 11.6 Å². The molecule has 7 heteroatoms. The van der Waals surface area contributed by atoms with Gasteiger partial charge in [-0.2, -0.15) is 5.26 Å². The number of rotatable bonds is 7. The topological polar surface area (TPSA) is 108 Å². The Bertz CT molecular complexity index is 1030. The standard InChI is InChI=1S/C21H19N3O4/c1-27-19-9-5-2-6-14(19)10-11-20(26)28-13-18(25)15(12-22)21-23-16-7-3-4-8-17(16)24-21/h2-9,25H,10-11,13H2,1H3,(H,23,24). The zero-order valence-corrected chi connectivity index (χ0v) is 15.3. The third-order valence-electron chi connectivity index (χ3n) is 4.19. The molecule has 0 amide bonds. The number of carbonyl (C=O) groups is 1. The number of aliphatic hydroxyl groups is 1. The molecule has 2 N–H and O–H groups in total. The number of benzene rings is 2. The lowest BCUT2D eigenvalue weighted by Gasteiger charge is -2.08. The Balaban J connectivity index is 1.63. The maximum absolute atomic E-state index is 12.0. The van der Waals surface area contributed by atoms with Crippen LogP contribution in [-0.4, -0.2) is 34.8 Å². The second kappa shape index (κ2) is 8.73. The van der Waals surface area contributed by atoms with Crippen LogP contribution in [0.5, 0.6) is 5.75 Å². The van der Waals surface area contributed by atoms with E-state index in [9.17, 15) is 15.2 Å². The molecule has 0 aliphatic rings. The Morgan fingerprint density at radius 1 is 1.21 bits per heavy atom. The summed E-state index contributed by atoms with van der Waals surface area (Å²) in [6, 6.07) is 16.6. The lowest BCUT2D eigenvalue weighted by molar-refractivity contribution is -0.143. The van der Waals surface area contributed by atoms with Gasteiger partial charge < -0.3 is 19.6 Å². The highest BCUT2D eigenvalue weighted by Gasteiger charge is 2.15. The summed E-state index contributed by atoms with van der Waals surface area (Å²) >= 11 is 0. The van der Waals surface area contributed by atoms with E-state index >= 15 is 0 Å². The smallest absolute Gasteiger partial charge is 0.306 e. The van der Waals surface area contributed by atoms with Crippen LogP contribution >= 0.6 is 0 Å². The molecule has 0 bridgehead atoms. The molecular weight excluding hydrogens is 358 g/mol. The van der Waals surface area contributed by atoms with Crippen molar-refractivity contribution in [3.63, 3.8) is 0 Å². The number of aryl methyl sites for hydroxylation is 1. The van der Waals surface area contributed by atoms with Crippen LogP contribution in [0.15, 0.2) is 54.3 Å². The van der Waals surface area contributed by atoms with Gasteiger partial charge in [0.25, 0.3) is 0 Å². The fourth-order valence-electron chi connectivity index (χ4n) is 2.76. The van der Waals surface area contributed by atoms with Gasteiger partial charge in [-0.1, -0.05) is 30.3 Å². The van der Waals surface area contributed by atoms with E-state index in [2.05, 4.69) is 9.97 Å². The second-order valence-electron chi connectivity index (χ2n) is 6.01. The molecule has 1 aromatic heterocycles. The van der Waals surface area contributed by atoms with Crippen LogP contribution in [0.4, 0.5) is 0 Å². The quantitative estimate of drug-likeness (QED) is 0.370. The number of imidazole rings is 1. The zero-order valence-electron chi connectivity index (χ0n) is 15.3. The van der Waals surface area contributed by atoms with E-state index in [1.54, 1.807) is 13.2 Å². The summed E-state index contributed by atoms with van der Waals surface area (Å²) in [5.41, 5.74) is 2.24. The number of esters is 1. The first-order chi connectivity index (χ1) is 13.6. The van der Waals surface area contributed by atoms with Gasteiger partial charge in [0.1, 0.15) is 24.0 Å². The first-order valence-corrected chi connectivity index (χ1v) is 8.67. The van der Waals surface area contributed by atoms with Gasteiger partial charge in [0.05, 0.1) is 18.1 Å². The molecule has 0 unspecified atom stereocenters. The van der Waals surface area contributed by atoms with E-state index in [0.29, 0.717) is 17.7 Å². The average Bonchev–Trinajstić information content (AvgIpc) is 3.15. The van der Waals surface area contributed by atoms with Crippen molar-refractivity contribution in [3.8, 4) is 11.8 Å². The van der Waals surface area contributed by atoms with Crippen molar-refractivity contribution >= 4 is 22.6 Å². The fourth-order valence-corrected chi connectivity index (χ4v) is 2.76. The number of methoxy groups -OCH3 is 1. The number of nitrogens with one attached hydrogen (secondary N) is 1. The molecule has 0 fully saturated rings. The van der Waals surface area contributed by atoms with E-state index in [1.165, 1.54) is 0 Å². The summed E-state index contributed by atoms with van der Waals surface area (Å²) in [7, 11) is 1.57. The molecule has 3 rings (SSSR count). The molecule has 28 heavy (non-hydrogen) atoms. The molecule has 0 spiro atoms. The molecular formula is C21H19N3O4. The van der Waals surface area contributed by atoms with Crippen molar-refractivity contribution in [2.75, 3.05) is 13.7 Å². The van der Waals surface area contributed by atoms with Crippen molar-refractivity contribution in [2.24, 2.45) is 0 Å². The number of aromatic nitrogens is 2. The Hall–Kier alpha value is -3.79. The first kappa shape index (κ1) is 19.0. The fraction of sp³-hybridized carbons (Fsp3) is 0.190. The number of hydrogen-bond donors (Lipinski definition) is 2. The minimum atomic E-state index is -0.487. The number of aromatic amines is 1. The maximum Gasteiger partial charge on any atom is 0.306 e. The van der Waals surface area contributed by atoms with Crippen LogP contribution in [0.2, 0.25) is 0 Å². The van der Waals surface area contributed by atoms with E-state index in [-0.39, 0.29) is 23.6 Å². The summed E-state index contributed by atoms with van der Waals surface area (Å²) in [5.74, 6) is 0.0903. The Labute approximate surface area is 161 Å². The molecule has 0 aliphatic heterocycles. The normalized spacial score (nSPS) is 11.6. The summed E-state index contributed by atoms with van der Waals surface area (Å²) in [6.07, 6.45) is 0.572. The molecule has 2 aromatic carbocycles. The summed E-state index contributed by atoms with van der Waals surface area (Å²) in [6.45, 7) is -0.398. The molecule has 7 nitrogen and oxygen atoms in total. The Kier molecular flexibility index (Phi) is 5.92. The van der Waals surface area contributed by atoms with E-state index in [0.717, 1.165) is 11.1 Å². The SMILES string of the molecule is COc1ccccc1CCC(=O)OCC(O)=C(C#N)c1nc2ccccc2[nH]1. The van der Waals surface area contributed by atoms with Crippen LogP contribution < -0.4 is 4.74 Å².